The third-order valence-electron chi connectivity index (χ3n) is 5.56. The number of fused-ring (bicyclic) bond motifs is 1. The van der Waals surface area contributed by atoms with Crippen molar-refractivity contribution < 1.29 is 29.1 Å². The monoisotopic (exact) mass is 502 g/mol. The molecule has 0 aliphatic heterocycles. The van der Waals surface area contributed by atoms with Gasteiger partial charge in [-0.15, -0.1) is 0 Å². The number of carbonyl (C=O) groups is 5. The minimum absolute atomic E-state index is 0.0126. The average Bonchev–Trinajstić information content (AvgIpc) is 3.20. The first kappa shape index (κ1) is 28.3. The SMILES string of the molecule is CC(C)CC(NC(=O)C(N)CC(N)=O)C(=O)NC(Cc1c[nH]c2ccccc12)C(=O)NC(C)C(=O)O. The second kappa shape index (κ2) is 12.7. The Morgan fingerprint density at radius 1 is 0.944 bits per heavy atom. The van der Waals surface area contributed by atoms with Crippen LogP contribution in [-0.2, 0) is 30.4 Å². The molecule has 0 spiro atoms. The zero-order valence-corrected chi connectivity index (χ0v) is 20.5. The fraction of sp³-hybridized carbons (Fsp3) is 0.458. The number of benzene rings is 1. The Labute approximate surface area is 208 Å². The van der Waals surface area contributed by atoms with Crippen LogP contribution in [0.5, 0.6) is 0 Å². The third kappa shape index (κ3) is 8.08. The van der Waals surface area contributed by atoms with Gasteiger partial charge in [0.25, 0.3) is 0 Å². The quantitative estimate of drug-likeness (QED) is 0.191. The first-order chi connectivity index (χ1) is 16.9. The molecule has 4 amide bonds. The van der Waals surface area contributed by atoms with Crippen molar-refractivity contribution in [2.75, 3.05) is 0 Å². The molecular weight excluding hydrogens is 468 g/mol. The van der Waals surface area contributed by atoms with Crippen molar-refractivity contribution in [3.05, 3.63) is 36.0 Å². The standard InChI is InChI=1S/C24H34N6O6/c1-12(2)8-18(29-21(32)16(25)10-20(26)31)23(34)30-19(22(33)28-13(3)24(35)36)9-14-11-27-17-7-5-4-6-15(14)17/h4-7,11-13,16,18-19,27H,8-10,25H2,1-3H3,(H2,26,31)(H,28,33)(H,29,32)(H,30,34)(H,35,36). The van der Waals surface area contributed by atoms with E-state index in [9.17, 15) is 29.1 Å². The van der Waals surface area contributed by atoms with Crippen molar-refractivity contribution in [2.24, 2.45) is 17.4 Å². The number of carboxylic acid groups (broad SMARTS) is 1. The van der Waals surface area contributed by atoms with E-state index in [2.05, 4.69) is 20.9 Å². The summed E-state index contributed by atoms with van der Waals surface area (Å²) in [4.78, 5) is 64.1. The highest BCUT2D eigenvalue weighted by molar-refractivity contribution is 5.95. The van der Waals surface area contributed by atoms with Crippen LogP contribution in [0.25, 0.3) is 10.9 Å². The molecule has 0 radical (unpaired) electrons. The number of nitrogens with one attached hydrogen (secondary N) is 4. The van der Waals surface area contributed by atoms with Crippen LogP contribution in [0, 0.1) is 5.92 Å². The van der Waals surface area contributed by atoms with E-state index in [-0.39, 0.29) is 25.2 Å². The molecule has 12 nitrogen and oxygen atoms in total. The predicted octanol–water partition coefficient (Wildman–Crippen LogP) is -0.482. The van der Waals surface area contributed by atoms with Gasteiger partial charge in [0.1, 0.15) is 18.1 Å². The maximum Gasteiger partial charge on any atom is 0.325 e. The van der Waals surface area contributed by atoms with Crippen LogP contribution in [0.15, 0.2) is 30.5 Å². The van der Waals surface area contributed by atoms with E-state index in [0.29, 0.717) is 0 Å². The van der Waals surface area contributed by atoms with E-state index in [0.717, 1.165) is 16.5 Å². The van der Waals surface area contributed by atoms with Gasteiger partial charge in [-0.05, 0) is 30.9 Å². The number of nitrogens with two attached hydrogens (primary N) is 2. The number of aliphatic carboxylic acids is 1. The lowest BCUT2D eigenvalue weighted by Gasteiger charge is -2.25. The van der Waals surface area contributed by atoms with Crippen molar-refractivity contribution in [1.82, 2.24) is 20.9 Å². The van der Waals surface area contributed by atoms with Crippen LogP contribution in [0.4, 0.5) is 0 Å². The Morgan fingerprint density at radius 3 is 2.17 bits per heavy atom. The van der Waals surface area contributed by atoms with Gasteiger partial charge in [0.05, 0.1) is 12.5 Å². The van der Waals surface area contributed by atoms with Crippen molar-refractivity contribution in [1.29, 1.82) is 0 Å². The number of aromatic nitrogens is 1. The highest BCUT2D eigenvalue weighted by Gasteiger charge is 2.30. The number of carbonyl (C=O) groups excluding carboxylic acids is 4. The van der Waals surface area contributed by atoms with Gasteiger partial charge in [-0.1, -0.05) is 32.0 Å². The molecule has 0 aliphatic rings. The smallest absolute Gasteiger partial charge is 0.325 e. The van der Waals surface area contributed by atoms with Gasteiger partial charge in [0, 0.05) is 23.5 Å². The molecule has 0 bridgehead atoms. The maximum absolute atomic E-state index is 13.2. The minimum atomic E-state index is -1.23. The summed E-state index contributed by atoms with van der Waals surface area (Å²) in [5.41, 5.74) is 12.4. The summed E-state index contributed by atoms with van der Waals surface area (Å²) >= 11 is 0. The minimum Gasteiger partial charge on any atom is -0.480 e. The lowest BCUT2D eigenvalue weighted by Crippen LogP contribution is -2.57. The third-order valence-corrected chi connectivity index (χ3v) is 5.56. The Morgan fingerprint density at radius 2 is 1.56 bits per heavy atom. The summed E-state index contributed by atoms with van der Waals surface area (Å²) in [6.07, 6.45) is 1.62. The topological polar surface area (TPSA) is 209 Å². The Bertz CT molecular complexity index is 1110. The molecule has 1 heterocycles. The maximum atomic E-state index is 13.2. The predicted molar refractivity (Wildman–Crippen MR) is 132 cm³/mol. The molecule has 2 aromatic rings. The van der Waals surface area contributed by atoms with E-state index in [1.54, 1.807) is 6.20 Å². The second-order valence-electron chi connectivity index (χ2n) is 9.16. The summed E-state index contributed by atoms with van der Waals surface area (Å²) in [5, 5.41) is 17.6. The molecule has 1 aromatic heterocycles. The second-order valence-corrected chi connectivity index (χ2v) is 9.16. The van der Waals surface area contributed by atoms with Gasteiger partial charge in [-0.25, -0.2) is 0 Å². The number of hydrogen-bond donors (Lipinski definition) is 7. The van der Waals surface area contributed by atoms with Gasteiger partial charge >= 0.3 is 5.97 Å². The fourth-order valence-electron chi connectivity index (χ4n) is 3.67. The zero-order chi connectivity index (χ0) is 27.0. The summed E-state index contributed by atoms with van der Waals surface area (Å²) in [6.45, 7) is 5.01. The van der Waals surface area contributed by atoms with Gasteiger partial charge in [-0.2, -0.15) is 0 Å². The Kier molecular flexibility index (Phi) is 9.97. The molecule has 0 saturated heterocycles. The van der Waals surface area contributed by atoms with E-state index in [1.807, 2.05) is 38.1 Å². The molecular formula is C24H34N6O6. The summed E-state index contributed by atoms with van der Waals surface area (Å²) < 4.78 is 0. The van der Waals surface area contributed by atoms with Crippen LogP contribution in [0.1, 0.15) is 39.2 Å². The van der Waals surface area contributed by atoms with Crippen molar-refractivity contribution >= 4 is 40.5 Å². The molecule has 36 heavy (non-hydrogen) atoms. The number of primary amides is 1. The Balaban J connectivity index is 2.27. The van der Waals surface area contributed by atoms with Crippen LogP contribution in [-0.4, -0.2) is 63.9 Å². The Hall–Kier alpha value is -3.93. The largest absolute Gasteiger partial charge is 0.480 e. The van der Waals surface area contributed by atoms with Gasteiger partial charge in [0.15, 0.2) is 0 Å². The molecule has 4 unspecified atom stereocenters. The first-order valence-electron chi connectivity index (χ1n) is 11.6. The molecule has 0 saturated carbocycles. The number of carboxylic acids is 1. The van der Waals surface area contributed by atoms with E-state index in [1.165, 1.54) is 6.92 Å². The van der Waals surface area contributed by atoms with Crippen molar-refractivity contribution in [3.63, 3.8) is 0 Å². The first-order valence-corrected chi connectivity index (χ1v) is 11.6. The number of para-hydroxylation sites is 1. The zero-order valence-electron chi connectivity index (χ0n) is 20.5. The summed E-state index contributed by atoms with van der Waals surface area (Å²) in [7, 11) is 0. The highest BCUT2D eigenvalue weighted by Crippen LogP contribution is 2.19. The van der Waals surface area contributed by atoms with Crippen LogP contribution >= 0.6 is 0 Å². The molecule has 0 fully saturated rings. The summed E-state index contributed by atoms with van der Waals surface area (Å²) in [6, 6.07) is 2.82. The fourth-order valence-corrected chi connectivity index (χ4v) is 3.67. The van der Waals surface area contributed by atoms with Crippen molar-refractivity contribution in [3.8, 4) is 0 Å². The normalized spacial score (nSPS) is 14.5. The molecule has 12 heteroatoms. The number of amides is 4. The molecule has 9 N–H and O–H groups in total. The highest BCUT2D eigenvalue weighted by atomic mass is 16.4. The van der Waals surface area contributed by atoms with E-state index in [4.69, 9.17) is 11.5 Å². The van der Waals surface area contributed by atoms with E-state index < -0.39 is 53.8 Å². The van der Waals surface area contributed by atoms with Gasteiger partial charge < -0.3 is 37.5 Å². The van der Waals surface area contributed by atoms with Gasteiger partial charge in [-0.3, -0.25) is 24.0 Å². The number of hydrogen-bond acceptors (Lipinski definition) is 6. The van der Waals surface area contributed by atoms with Crippen LogP contribution in [0.2, 0.25) is 0 Å². The van der Waals surface area contributed by atoms with Crippen LogP contribution in [0.3, 0.4) is 0 Å². The lowest BCUT2D eigenvalue weighted by molar-refractivity contribution is -0.141. The van der Waals surface area contributed by atoms with Gasteiger partial charge in [0.2, 0.25) is 23.6 Å². The number of H-pyrrole nitrogens is 1. The molecule has 4 atom stereocenters. The van der Waals surface area contributed by atoms with Crippen molar-refractivity contribution in [2.45, 2.75) is 64.2 Å². The molecule has 1 aromatic carbocycles. The molecule has 2 rings (SSSR count). The molecule has 0 aliphatic carbocycles. The average molecular weight is 503 g/mol. The number of rotatable bonds is 13. The molecule has 196 valence electrons. The lowest BCUT2D eigenvalue weighted by atomic mass is 10.00. The van der Waals surface area contributed by atoms with Crippen LogP contribution < -0.4 is 27.4 Å². The van der Waals surface area contributed by atoms with E-state index >= 15 is 0 Å². The number of aromatic amines is 1. The summed E-state index contributed by atoms with van der Waals surface area (Å²) in [5.74, 6) is -4.07.